The smallest absolute Gasteiger partial charge is 0.243 e. The lowest BCUT2D eigenvalue weighted by Crippen LogP contribution is -2.33. The zero-order valence-corrected chi connectivity index (χ0v) is 11.3. The van der Waals surface area contributed by atoms with Crippen molar-refractivity contribution < 1.29 is 13.5 Å². The number of hydrogen-bond acceptors (Lipinski definition) is 3. The highest BCUT2D eigenvalue weighted by atomic mass is 79.9. The quantitative estimate of drug-likeness (QED) is 0.896. The molecule has 0 radical (unpaired) electrons. The van der Waals surface area contributed by atoms with Gasteiger partial charge in [-0.15, -0.1) is 0 Å². The summed E-state index contributed by atoms with van der Waals surface area (Å²) in [5.41, 5.74) is 0. The second kappa shape index (κ2) is 5.77. The van der Waals surface area contributed by atoms with Gasteiger partial charge in [0.1, 0.15) is 0 Å². The summed E-state index contributed by atoms with van der Waals surface area (Å²) in [6.45, 7) is 2.03. The van der Waals surface area contributed by atoms with Crippen molar-refractivity contribution >= 4 is 26.0 Å². The van der Waals surface area contributed by atoms with Crippen LogP contribution in [0, 0.1) is 0 Å². The maximum atomic E-state index is 12.1. The Morgan fingerprint density at radius 1 is 1.31 bits per heavy atom. The topological polar surface area (TPSA) is 57.6 Å². The predicted octanol–water partition coefficient (Wildman–Crippen LogP) is 1.45. The fourth-order valence-corrected chi connectivity index (χ4v) is 3.02. The number of aliphatic hydroxyl groups excluding tert-OH is 1. The Kier molecular flexibility index (Phi) is 4.91. The van der Waals surface area contributed by atoms with E-state index >= 15 is 0 Å². The average Bonchev–Trinajstić information content (AvgIpc) is 2.26. The molecule has 1 aromatic carbocycles. The molecule has 0 aromatic heterocycles. The van der Waals surface area contributed by atoms with Crippen LogP contribution in [0.3, 0.4) is 0 Å². The van der Waals surface area contributed by atoms with Crippen molar-refractivity contribution in [3.63, 3.8) is 0 Å². The summed E-state index contributed by atoms with van der Waals surface area (Å²) in [5.74, 6) is 0. The van der Waals surface area contributed by atoms with E-state index in [1.807, 2.05) is 0 Å². The van der Waals surface area contributed by atoms with Crippen molar-refractivity contribution in [3.05, 3.63) is 28.7 Å². The lowest BCUT2D eigenvalue weighted by atomic mass is 10.4. The van der Waals surface area contributed by atoms with Crippen molar-refractivity contribution in [2.45, 2.75) is 11.8 Å². The second-order valence-corrected chi connectivity index (χ2v) is 6.03. The highest BCUT2D eigenvalue weighted by molar-refractivity contribution is 9.10. The molecule has 0 bridgehead atoms. The third-order valence-corrected chi connectivity index (χ3v) is 4.67. The SMILES string of the molecule is CCN(CCO)S(=O)(=O)c1ccc(Br)cc1. The molecule has 0 spiro atoms. The van der Waals surface area contributed by atoms with Crippen LogP contribution in [0.5, 0.6) is 0 Å². The van der Waals surface area contributed by atoms with Crippen LogP contribution in [0.25, 0.3) is 0 Å². The van der Waals surface area contributed by atoms with Gasteiger partial charge in [0.05, 0.1) is 11.5 Å². The van der Waals surface area contributed by atoms with Gasteiger partial charge in [-0.3, -0.25) is 0 Å². The van der Waals surface area contributed by atoms with E-state index in [-0.39, 0.29) is 18.0 Å². The third-order valence-electron chi connectivity index (χ3n) is 2.15. The molecular formula is C10H14BrNO3S. The van der Waals surface area contributed by atoms with Gasteiger partial charge in [-0.25, -0.2) is 8.42 Å². The Labute approximate surface area is 104 Å². The molecule has 0 atom stereocenters. The predicted molar refractivity (Wildman–Crippen MR) is 65.7 cm³/mol. The highest BCUT2D eigenvalue weighted by Gasteiger charge is 2.21. The van der Waals surface area contributed by atoms with E-state index in [4.69, 9.17) is 5.11 Å². The number of likely N-dealkylation sites (N-methyl/N-ethyl adjacent to an activating group) is 1. The van der Waals surface area contributed by atoms with E-state index in [0.717, 1.165) is 4.47 Å². The van der Waals surface area contributed by atoms with E-state index < -0.39 is 10.0 Å². The maximum Gasteiger partial charge on any atom is 0.243 e. The van der Waals surface area contributed by atoms with E-state index in [2.05, 4.69) is 15.9 Å². The zero-order chi connectivity index (χ0) is 12.2. The molecule has 90 valence electrons. The molecule has 1 aromatic rings. The number of aliphatic hydroxyl groups is 1. The van der Waals surface area contributed by atoms with Gasteiger partial charge in [0, 0.05) is 17.6 Å². The van der Waals surface area contributed by atoms with Crippen molar-refractivity contribution in [2.24, 2.45) is 0 Å². The number of benzene rings is 1. The van der Waals surface area contributed by atoms with Gasteiger partial charge in [0.25, 0.3) is 0 Å². The second-order valence-electron chi connectivity index (χ2n) is 3.17. The van der Waals surface area contributed by atoms with Crippen LogP contribution in [0.15, 0.2) is 33.6 Å². The summed E-state index contributed by atoms with van der Waals surface area (Å²) in [6.07, 6.45) is 0. The summed E-state index contributed by atoms with van der Waals surface area (Å²) in [5, 5.41) is 8.81. The first-order chi connectivity index (χ1) is 7.52. The van der Waals surface area contributed by atoms with Gasteiger partial charge in [-0.1, -0.05) is 22.9 Å². The van der Waals surface area contributed by atoms with Crippen molar-refractivity contribution in [1.29, 1.82) is 0 Å². The Bertz CT molecular complexity index is 430. The van der Waals surface area contributed by atoms with Crippen LogP contribution < -0.4 is 0 Å². The standard InChI is InChI=1S/C10H14BrNO3S/c1-2-12(7-8-13)16(14,15)10-5-3-9(11)4-6-10/h3-6,13H,2,7-8H2,1H3. The van der Waals surface area contributed by atoms with Gasteiger partial charge in [0.15, 0.2) is 0 Å². The van der Waals surface area contributed by atoms with Gasteiger partial charge in [-0.2, -0.15) is 4.31 Å². The number of rotatable bonds is 5. The van der Waals surface area contributed by atoms with Crippen LogP contribution in [0.4, 0.5) is 0 Å². The Hall–Kier alpha value is -0.430. The van der Waals surface area contributed by atoms with Crippen LogP contribution in [-0.4, -0.2) is 37.5 Å². The van der Waals surface area contributed by atoms with E-state index in [1.54, 1.807) is 31.2 Å². The molecule has 0 saturated heterocycles. The molecule has 6 heteroatoms. The summed E-state index contributed by atoms with van der Waals surface area (Å²) in [7, 11) is -3.48. The van der Waals surface area contributed by atoms with Gasteiger partial charge in [0.2, 0.25) is 10.0 Å². The average molecular weight is 308 g/mol. The lowest BCUT2D eigenvalue weighted by Gasteiger charge is -2.19. The molecule has 4 nitrogen and oxygen atoms in total. The van der Waals surface area contributed by atoms with Crippen LogP contribution >= 0.6 is 15.9 Å². The van der Waals surface area contributed by atoms with E-state index in [0.29, 0.717) is 6.54 Å². The van der Waals surface area contributed by atoms with E-state index in [1.165, 1.54) is 4.31 Å². The van der Waals surface area contributed by atoms with Gasteiger partial charge in [-0.05, 0) is 24.3 Å². The number of halogens is 1. The highest BCUT2D eigenvalue weighted by Crippen LogP contribution is 2.18. The Morgan fingerprint density at radius 3 is 2.31 bits per heavy atom. The molecule has 0 amide bonds. The maximum absolute atomic E-state index is 12.1. The third kappa shape index (κ3) is 3.04. The fourth-order valence-electron chi connectivity index (χ4n) is 1.32. The molecule has 0 aliphatic rings. The minimum absolute atomic E-state index is 0.120. The molecule has 0 unspecified atom stereocenters. The number of sulfonamides is 1. The molecule has 0 fully saturated rings. The number of nitrogens with zero attached hydrogens (tertiary/aromatic N) is 1. The summed E-state index contributed by atoms with van der Waals surface area (Å²) in [4.78, 5) is 0.242. The molecule has 0 aliphatic heterocycles. The Morgan fingerprint density at radius 2 is 1.88 bits per heavy atom. The van der Waals surface area contributed by atoms with Gasteiger partial charge < -0.3 is 5.11 Å². The summed E-state index contributed by atoms with van der Waals surface area (Å²) < 4.78 is 26.2. The minimum atomic E-state index is -3.48. The van der Waals surface area contributed by atoms with Crippen LogP contribution in [-0.2, 0) is 10.0 Å². The first-order valence-electron chi connectivity index (χ1n) is 4.89. The molecule has 0 saturated carbocycles. The molecule has 0 heterocycles. The van der Waals surface area contributed by atoms with E-state index in [9.17, 15) is 8.42 Å². The fraction of sp³-hybridized carbons (Fsp3) is 0.400. The number of hydrogen-bond donors (Lipinski definition) is 1. The lowest BCUT2D eigenvalue weighted by molar-refractivity contribution is 0.257. The zero-order valence-electron chi connectivity index (χ0n) is 8.93. The molecular weight excluding hydrogens is 294 g/mol. The molecule has 16 heavy (non-hydrogen) atoms. The minimum Gasteiger partial charge on any atom is -0.395 e. The van der Waals surface area contributed by atoms with Crippen molar-refractivity contribution in [3.8, 4) is 0 Å². The Balaban J connectivity index is 3.04. The molecule has 1 N–H and O–H groups in total. The van der Waals surface area contributed by atoms with Gasteiger partial charge >= 0.3 is 0 Å². The first kappa shape index (κ1) is 13.6. The largest absolute Gasteiger partial charge is 0.395 e. The van der Waals surface area contributed by atoms with Crippen molar-refractivity contribution in [2.75, 3.05) is 19.7 Å². The van der Waals surface area contributed by atoms with Crippen LogP contribution in [0.2, 0.25) is 0 Å². The first-order valence-corrected chi connectivity index (χ1v) is 7.12. The summed E-state index contributed by atoms with van der Waals surface area (Å²) in [6, 6.07) is 6.44. The van der Waals surface area contributed by atoms with Crippen LogP contribution in [0.1, 0.15) is 6.92 Å². The monoisotopic (exact) mass is 307 g/mol. The normalized spacial score (nSPS) is 12.0. The summed E-state index contributed by atoms with van der Waals surface area (Å²) >= 11 is 3.25. The molecule has 1 rings (SSSR count). The molecule has 0 aliphatic carbocycles. The van der Waals surface area contributed by atoms with Crippen molar-refractivity contribution in [1.82, 2.24) is 4.31 Å².